The van der Waals surface area contributed by atoms with Crippen molar-refractivity contribution < 1.29 is 28.7 Å². The van der Waals surface area contributed by atoms with E-state index in [1.165, 1.54) is 11.9 Å². The van der Waals surface area contributed by atoms with Crippen LogP contribution in [0.3, 0.4) is 0 Å². The summed E-state index contributed by atoms with van der Waals surface area (Å²) in [6.45, 7) is 5.16. The molecular weight excluding hydrogens is 550 g/mol. The molecule has 2 N–H and O–H groups in total. The molecule has 4 rings (SSSR count). The summed E-state index contributed by atoms with van der Waals surface area (Å²) in [6, 6.07) is 16.8. The number of carbonyl (C=O) groups is 5. The molecule has 2 aliphatic heterocycles. The molecule has 11 heteroatoms. The van der Waals surface area contributed by atoms with Gasteiger partial charge in [0.1, 0.15) is 24.2 Å². The lowest BCUT2D eigenvalue weighted by atomic mass is 9.98. The summed E-state index contributed by atoms with van der Waals surface area (Å²) >= 11 is 0. The molecule has 5 amide bonds. The van der Waals surface area contributed by atoms with Gasteiger partial charge in [-0.3, -0.25) is 19.2 Å². The van der Waals surface area contributed by atoms with Crippen LogP contribution in [0.15, 0.2) is 60.7 Å². The Morgan fingerprint density at radius 2 is 1.60 bits per heavy atom. The van der Waals surface area contributed by atoms with Gasteiger partial charge in [-0.2, -0.15) is 0 Å². The molecule has 0 bridgehead atoms. The minimum Gasteiger partial charge on any atom is -0.444 e. The van der Waals surface area contributed by atoms with Crippen LogP contribution in [0.2, 0.25) is 0 Å². The Morgan fingerprint density at radius 3 is 2.16 bits per heavy atom. The molecular formula is C32H41N5O6. The Hall–Kier alpha value is -4.41. The first kappa shape index (κ1) is 31.5. The van der Waals surface area contributed by atoms with Gasteiger partial charge in [0.25, 0.3) is 0 Å². The monoisotopic (exact) mass is 591 g/mol. The molecule has 0 aromatic heterocycles. The molecule has 0 aliphatic carbocycles. The number of amides is 5. The third kappa shape index (κ3) is 8.12. The summed E-state index contributed by atoms with van der Waals surface area (Å²) in [4.78, 5) is 69.2. The molecule has 3 unspecified atom stereocenters. The Balaban J connectivity index is 1.52. The number of nitrogens with zero attached hydrogens (tertiary/aromatic N) is 3. The van der Waals surface area contributed by atoms with Crippen molar-refractivity contribution >= 4 is 30.2 Å². The number of hydrogen-bond acceptors (Lipinski definition) is 6. The average Bonchev–Trinajstić information content (AvgIpc) is 3.40. The van der Waals surface area contributed by atoms with Crippen molar-refractivity contribution in [3.05, 3.63) is 71.8 Å². The van der Waals surface area contributed by atoms with E-state index in [0.717, 1.165) is 16.0 Å². The summed E-state index contributed by atoms with van der Waals surface area (Å²) in [5, 5.41) is 5.87. The van der Waals surface area contributed by atoms with Gasteiger partial charge in [-0.25, -0.2) is 4.79 Å². The van der Waals surface area contributed by atoms with E-state index >= 15 is 0 Å². The first-order valence-electron chi connectivity index (χ1n) is 14.6. The van der Waals surface area contributed by atoms with Gasteiger partial charge in [0.05, 0.1) is 6.04 Å². The molecule has 2 saturated heterocycles. The molecule has 2 aromatic carbocycles. The normalized spacial score (nSPS) is 20.5. The van der Waals surface area contributed by atoms with E-state index < -0.39 is 41.6 Å². The van der Waals surface area contributed by atoms with Gasteiger partial charge in [-0.1, -0.05) is 60.7 Å². The third-order valence-corrected chi connectivity index (χ3v) is 7.65. The number of hydrogen-bond donors (Lipinski definition) is 2. The van der Waals surface area contributed by atoms with Crippen molar-refractivity contribution in [2.75, 3.05) is 26.7 Å². The number of fused-ring (bicyclic) bond motifs is 1. The molecule has 0 radical (unpaired) electrons. The zero-order chi connectivity index (χ0) is 31.1. The van der Waals surface area contributed by atoms with Crippen LogP contribution >= 0.6 is 0 Å². The maximum Gasteiger partial charge on any atom is 0.410 e. The van der Waals surface area contributed by atoms with Crippen LogP contribution in [0, 0.1) is 0 Å². The van der Waals surface area contributed by atoms with Gasteiger partial charge in [-0.15, -0.1) is 0 Å². The van der Waals surface area contributed by atoms with Crippen molar-refractivity contribution in [2.45, 2.75) is 69.8 Å². The lowest BCUT2D eigenvalue weighted by molar-refractivity contribution is -0.145. The standard InChI is InChI=1S/C32H41N5O6/c1-32(2,3)43-31(42)35(4)20-27(39)33-25-19-36(21-38)18-17-24-15-16-26(37(24)30(25)41)29(40)34-28(22-11-7-5-8-12-22)23-13-9-6-10-14-23/h5-14,21,24-26,28H,15-20H2,1-4H3,(H,33,39)(H,34,40). The van der Waals surface area contributed by atoms with E-state index in [1.807, 2.05) is 60.7 Å². The number of benzene rings is 2. The first-order chi connectivity index (χ1) is 20.5. The fourth-order valence-corrected chi connectivity index (χ4v) is 5.61. The fraction of sp³-hybridized carbons (Fsp3) is 0.469. The Labute approximate surface area is 252 Å². The quantitative estimate of drug-likeness (QED) is 0.454. The maximum atomic E-state index is 14.0. The number of likely N-dealkylation sites (N-methyl/N-ethyl adjacent to an activating group) is 1. The fourth-order valence-electron chi connectivity index (χ4n) is 5.61. The predicted octanol–water partition coefficient (Wildman–Crippen LogP) is 2.47. The lowest BCUT2D eigenvalue weighted by Gasteiger charge is -2.38. The van der Waals surface area contributed by atoms with E-state index in [1.54, 1.807) is 25.7 Å². The number of rotatable bonds is 8. The Bertz CT molecular complexity index is 1260. The second-order valence-corrected chi connectivity index (χ2v) is 12.1. The summed E-state index contributed by atoms with van der Waals surface area (Å²) in [5.41, 5.74) is 1.09. The molecule has 2 aromatic rings. The minimum atomic E-state index is -1.08. The molecule has 2 fully saturated rings. The summed E-state index contributed by atoms with van der Waals surface area (Å²) in [7, 11) is 1.43. The zero-order valence-corrected chi connectivity index (χ0v) is 25.2. The van der Waals surface area contributed by atoms with Crippen molar-refractivity contribution in [2.24, 2.45) is 0 Å². The number of carbonyl (C=O) groups excluding carboxylic acids is 5. The summed E-state index contributed by atoms with van der Waals surface area (Å²) in [6.07, 6.45) is 1.57. The zero-order valence-electron chi connectivity index (χ0n) is 25.2. The second kappa shape index (κ2) is 13.7. The molecule has 2 heterocycles. The van der Waals surface area contributed by atoms with Gasteiger partial charge < -0.3 is 30.1 Å². The van der Waals surface area contributed by atoms with Crippen LogP contribution in [0.1, 0.15) is 57.2 Å². The average molecular weight is 592 g/mol. The van der Waals surface area contributed by atoms with Crippen LogP contribution in [-0.4, -0.2) is 95.3 Å². The van der Waals surface area contributed by atoms with E-state index in [0.29, 0.717) is 32.2 Å². The molecule has 0 saturated carbocycles. The molecule has 0 spiro atoms. The van der Waals surface area contributed by atoms with Gasteiger partial charge in [0.2, 0.25) is 24.1 Å². The van der Waals surface area contributed by atoms with Crippen LogP contribution < -0.4 is 10.6 Å². The maximum absolute atomic E-state index is 14.0. The molecule has 11 nitrogen and oxygen atoms in total. The lowest BCUT2D eigenvalue weighted by Crippen LogP contribution is -2.61. The molecule has 2 aliphatic rings. The second-order valence-electron chi connectivity index (χ2n) is 12.1. The highest BCUT2D eigenvalue weighted by atomic mass is 16.6. The van der Waals surface area contributed by atoms with Crippen LogP contribution in [0.4, 0.5) is 4.79 Å². The predicted molar refractivity (Wildman–Crippen MR) is 160 cm³/mol. The Morgan fingerprint density at radius 1 is 1.00 bits per heavy atom. The van der Waals surface area contributed by atoms with Gasteiger partial charge in [0.15, 0.2) is 0 Å². The highest BCUT2D eigenvalue weighted by Crippen LogP contribution is 2.31. The molecule has 230 valence electrons. The summed E-state index contributed by atoms with van der Waals surface area (Å²) < 4.78 is 5.31. The first-order valence-corrected chi connectivity index (χ1v) is 14.6. The Kier molecular flexibility index (Phi) is 10.1. The van der Waals surface area contributed by atoms with E-state index in [2.05, 4.69) is 10.6 Å². The van der Waals surface area contributed by atoms with E-state index in [9.17, 15) is 24.0 Å². The molecule has 3 atom stereocenters. The minimum absolute atomic E-state index is 0.0432. The SMILES string of the molecule is CN(CC(=O)NC1CN(C=O)CCC2CCC(C(=O)NC(c3ccccc3)c3ccccc3)N2C1=O)C(=O)OC(C)(C)C. The van der Waals surface area contributed by atoms with Crippen molar-refractivity contribution in [1.82, 2.24) is 25.3 Å². The number of nitrogens with one attached hydrogen (secondary N) is 2. The topological polar surface area (TPSA) is 128 Å². The van der Waals surface area contributed by atoms with Gasteiger partial charge >= 0.3 is 6.09 Å². The largest absolute Gasteiger partial charge is 0.444 e. The van der Waals surface area contributed by atoms with Crippen LogP contribution in [-0.2, 0) is 23.9 Å². The van der Waals surface area contributed by atoms with Crippen molar-refractivity contribution in [3.63, 3.8) is 0 Å². The highest BCUT2D eigenvalue weighted by Gasteiger charge is 2.45. The smallest absolute Gasteiger partial charge is 0.410 e. The number of ether oxygens (including phenoxy) is 1. The van der Waals surface area contributed by atoms with Gasteiger partial charge in [-0.05, 0) is 51.2 Å². The van der Waals surface area contributed by atoms with Crippen molar-refractivity contribution in [3.8, 4) is 0 Å². The van der Waals surface area contributed by atoms with Gasteiger partial charge in [0, 0.05) is 26.2 Å². The van der Waals surface area contributed by atoms with Crippen LogP contribution in [0.25, 0.3) is 0 Å². The van der Waals surface area contributed by atoms with E-state index in [-0.39, 0.29) is 25.0 Å². The molecule has 43 heavy (non-hydrogen) atoms. The highest BCUT2D eigenvalue weighted by molar-refractivity contribution is 5.94. The van der Waals surface area contributed by atoms with Crippen molar-refractivity contribution in [1.29, 1.82) is 0 Å². The third-order valence-electron chi connectivity index (χ3n) is 7.65. The van der Waals surface area contributed by atoms with Crippen LogP contribution in [0.5, 0.6) is 0 Å². The van der Waals surface area contributed by atoms with E-state index in [4.69, 9.17) is 4.74 Å². The summed E-state index contributed by atoms with van der Waals surface area (Å²) in [5.74, 6) is -1.29.